The van der Waals surface area contributed by atoms with Crippen LogP contribution in [0.3, 0.4) is 0 Å². The molecule has 0 unspecified atom stereocenters. The summed E-state index contributed by atoms with van der Waals surface area (Å²) in [5.41, 5.74) is 1.30. The Labute approximate surface area is 179 Å². The molecule has 1 saturated carbocycles. The molecule has 0 spiro atoms. The zero-order valence-corrected chi connectivity index (χ0v) is 17.7. The molecule has 1 heterocycles. The molecular weight excluding hydrogens is 374 g/mol. The van der Waals surface area contributed by atoms with Crippen molar-refractivity contribution in [1.29, 1.82) is 0 Å². The van der Waals surface area contributed by atoms with E-state index in [-0.39, 0.29) is 17.9 Å². The average Bonchev–Trinajstić information content (AvgIpc) is 2.78. The molecule has 2 fully saturated rings. The van der Waals surface area contributed by atoms with E-state index in [1.54, 1.807) is 6.08 Å². The minimum atomic E-state index is -0.706. The van der Waals surface area contributed by atoms with Crippen molar-refractivity contribution in [3.05, 3.63) is 71.8 Å². The van der Waals surface area contributed by atoms with Crippen molar-refractivity contribution < 1.29 is 14.6 Å². The minimum absolute atomic E-state index is 0.0113. The molecule has 0 aromatic heterocycles. The number of hydrogen-bond donors (Lipinski definition) is 1. The van der Waals surface area contributed by atoms with Crippen LogP contribution in [0.2, 0.25) is 0 Å². The molecule has 2 aliphatic rings. The lowest BCUT2D eigenvalue weighted by atomic mass is 9.66. The van der Waals surface area contributed by atoms with Gasteiger partial charge in [-0.2, -0.15) is 0 Å². The van der Waals surface area contributed by atoms with Crippen LogP contribution in [0, 0.1) is 5.92 Å². The van der Waals surface area contributed by atoms with E-state index >= 15 is 0 Å². The maximum Gasteiger partial charge on any atom is 0.247 e. The van der Waals surface area contributed by atoms with Gasteiger partial charge in [-0.3, -0.25) is 4.79 Å². The molecule has 0 radical (unpaired) electrons. The fraction of sp³-hybridized carbons (Fsp3) is 0.423. The third-order valence-electron chi connectivity index (χ3n) is 6.61. The molecule has 4 nitrogen and oxygen atoms in total. The predicted octanol–water partition coefficient (Wildman–Crippen LogP) is 4.99. The first-order valence-electron chi connectivity index (χ1n) is 11.1. The van der Waals surface area contributed by atoms with Crippen LogP contribution in [0.4, 0.5) is 0 Å². The molecule has 1 amide bonds. The summed E-state index contributed by atoms with van der Waals surface area (Å²) in [4.78, 5) is 15.3. The van der Waals surface area contributed by atoms with Gasteiger partial charge in [0, 0.05) is 24.1 Å². The molecule has 2 aromatic carbocycles. The summed E-state index contributed by atoms with van der Waals surface area (Å²) in [6, 6.07) is 17.7. The van der Waals surface area contributed by atoms with Crippen molar-refractivity contribution in [2.45, 2.75) is 50.7 Å². The molecule has 4 rings (SSSR count). The molecule has 1 saturated heterocycles. The van der Waals surface area contributed by atoms with Crippen LogP contribution < -0.4 is 4.74 Å². The summed E-state index contributed by atoms with van der Waals surface area (Å²) in [5, 5.41) is 11.5. The molecular formula is C26H31NO3. The van der Waals surface area contributed by atoms with Gasteiger partial charge < -0.3 is 14.7 Å². The quantitative estimate of drug-likeness (QED) is 0.713. The van der Waals surface area contributed by atoms with E-state index in [1.165, 1.54) is 0 Å². The maximum atomic E-state index is 13.3. The number of para-hydroxylation sites is 1. The predicted molar refractivity (Wildman–Crippen MR) is 119 cm³/mol. The van der Waals surface area contributed by atoms with Crippen LogP contribution in [0.1, 0.15) is 56.2 Å². The van der Waals surface area contributed by atoms with E-state index in [0.29, 0.717) is 19.6 Å². The highest BCUT2D eigenvalue weighted by Gasteiger charge is 2.50. The van der Waals surface area contributed by atoms with Crippen LogP contribution in [0.25, 0.3) is 6.08 Å². The van der Waals surface area contributed by atoms with Gasteiger partial charge in [-0.1, -0.05) is 61.4 Å². The van der Waals surface area contributed by atoms with Crippen LogP contribution in [0.15, 0.2) is 60.7 Å². The number of fused-ring (bicyclic) bond motifs is 1. The third kappa shape index (κ3) is 4.15. The number of amides is 1. The molecule has 2 aromatic rings. The number of benzene rings is 2. The number of likely N-dealkylation sites (tertiary alicyclic amines) is 1. The van der Waals surface area contributed by atoms with Gasteiger partial charge in [0.25, 0.3) is 0 Å². The normalized spacial score (nSPS) is 26.4. The van der Waals surface area contributed by atoms with Crippen molar-refractivity contribution >= 4 is 12.0 Å². The van der Waals surface area contributed by atoms with E-state index in [1.807, 2.05) is 66.4 Å². The lowest BCUT2D eigenvalue weighted by Crippen LogP contribution is -2.56. The summed E-state index contributed by atoms with van der Waals surface area (Å²) < 4.78 is 5.92. The Morgan fingerprint density at radius 2 is 1.90 bits per heavy atom. The lowest BCUT2D eigenvalue weighted by molar-refractivity contribution is -0.151. The van der Waals surface area contributed by atoms with Crippen LogP contribution >= 0.6 is 0 Å². The van der Waals surface area contributed by atoms with Gasteiger partial charge in [0.05, 0.1) is 18.2 Å². The van der Waals surface area contributed by atoms with E-state index in [0.717, 1.165) is 42.6 Å². The number of rotatable bonds is 5. The van der Waals surface area contributed by atoms with E-state index in [9.17, 15) is 9.90 Å². The van der Waals surface area contributed by atoms with Crippen molar-refractivity contribution in [1.82, 2.24) is 4.90 Å². The van der Waals surface area contributed by atoms with E-state index < -0.39 is 5.60 Å². The summed E-state index contributed by atoms with van der Waals surface area (Å²) in [7, 11) is 0. The van der Waals surface area contributed by atoms with E-state index in [4.69, 9.17) is 4.74 Å². The second kappa shape index (κ2) is 9.05. The minimum Gasteiger partial charge on any atom is -0.494 e. The SMILES string of the molecule is CCOc1ccccc1[C@@H]1[C@H]2CCCC[C@]2(O)CCN1C(=O)C=Cc1ccccc1. The molecule has 30 heavy (non-hydrogen) atoms. The monoisotopic (exact) mass is 405 g/mol. The van der Waals surface area contributed by atoms with Crippen molar-refractivity contribution in [2.75, 3.05) is 13.2 Å². The lowest BCUT2D eigenvalue weighted by Gasteiger charge is -2.52. The smallest absolute Gasteiger partial charge is 0.247 e. The Morgan fingerprint density at radius 3 is 2.70 bits per heavy atom. The Hall–Kier alpha value is -2.59. The van der Waals surface area contributed by atoms with Crippen molar-refractivity contribution in [2.24, 2.45) is 5.92 Å². The van der Waals surface area contributed by atoms with Gasteiger partial charge >= 0.3 is 0 Å². The molecule has 1 aliphatic carbocycles. The topological polar surface area (TPSA) is 49.8 Å². The molecule has 1 aliphatic heterocycles. The number of aliphatic hydroxyl groups is 1. The van der Waals surface area contributed by atoms with Gasteiger partial charge in [0.2, 0.25) is 5.91 Å². The van der Waals surface area contributed by atoms with Gasteiger partial charge in [0.1, 0.15) is 5.75 Å². The Balaban J connectivity index is 1.70. The zero-order valence-electron chi connectivity index (χ0n) is 17.7. The second-order valence-corrected chi connectivity index (χ2v) is 8.40. The highest BCUT2D eigenvalue weighted by molar-refractivity contribution is 5.92. The van der Waals surface area contributed by atoms with Gasteiger partial charge in [-0.15, -0.1) is 0 Å². The number of nitrogens with zero attached hydrogens (tertiary/aromatic N) is 1. The Bertz CT molecular complexity index is 894. The van der Waals surface area contributed by atoms with Gasteiger partial charge in [-0.05, 0) is 43.9 Å². The molecule has 1 N–H and O–H groups in total. The maximum absolute atomic E-state index is 13.3. The van der Waals surface area contributed by atoms with E-state index in [2.05, 4.69) is 6.07 Å². The average molecular weight is 406 g/mol. The van der Waals surface area contributed by atoms with Gasteiger partial charge in [0.15, 0.2) is 0 Å². The number of ether oxygens (including phenoxy) is 1. The number of hydrogen-bond acceptors (Lipinski definition) is 3. The Morgan fingerprint density at radius 1 is 1.13 bits per heavy atom. The van der Waals surface area contributed by atoms with Crippen LogP contribution in [-0.2, 0) is 4.79 Å². The second-order valence-electron chi connectivity index (χ2n) is 8.40. The van der Waals surface area contributed by atoms with Crippen LogP contribution in [0.5, 0.6) is 5.75 Å². The fourth-order valence-corrected chi connectivity index (χ4v) is 5.15. The molecule has 0 bridgehead atoms. The summed E-state index contributed by atoms with van der Waals surface area (Å²) in [6.45, 7) is 3.09. The van der Waals surface area contributed by atoms with Crippen LogP contribution in [-0.4, -0.2) is 34.7 Å². The largest absolute Gasteiger partial charge is 0.494 e. The molecule has 4 heteroatoms. The number of carbonyl (C=O) groups excluding carboxylic acids is 1. The highest BCUT2D eigenvalue weighted by atomic mass is 16.5. The summed E-state index contributed by atoms with van der Waals surface area (Å²) in [6.07, 6.45) is 8.04. The summed E-state index contributed by atoms with van der Waals surface area (Å²) >= 11 is 0. The van der Waals surface area contributed by atoms with Crippen molar-refractivity contribution in [3.8, 4) is 5.75 Å². The standard InChI is InChI=1S/C26H31NO3/c1-2-30-23-14-7-6-12-21(23)25-22-13-8-9-17-26(22,29)18-19-27(25)24(28)16-15-20-10-4-3-5-11-20/h3-7,10-12,14-16,22,25,29H,2,8-9,13,17-19H2,1H3/t22-,25-,26+/m1/s1. The number of piperidine rings is 1. The Kier molecular flexibility index (Phi) is 6.24. The third-order valence-corrected chi connectivity index (χ3v) is 6.61. The first-order chi connectivity index (χ1) is 14.6. The first kappa shape index (κ1) is 20.7. The summed E-state index contributed by atoms with van der Waals surface area (Å²) in [5.74, 6) is 0.822. The molecule has 3 atom stereocenters. The van der Waals surface area contributed by atoms with Crippen molar-refractivity contribution in [3.63, 3.8) is 0 Å². The zero-order chi connectivity index (χ0) is 21.0. The highest BCUT2D eigenvalue weighted by Crippen LogP contribution is 2.50. The fourth-order valence-electron chi connectivity index (χ4n) is 5.15. The van der Waals surface area contributed by atoms with Gasteiger partial charge in [-0.25, -0.2) is 0 Å². The number of carbonyl (C=O) groups is 1. The molecule has 158 valence electrons. The first-order valence-corrected chi connectivity index (χ1v) is 11.1.